The normalized spacial score (nSPS) is 13.1. The fraction of sp³-hybridized carbons (Fsp3) is 0. The predicted molar refractivity (Wildman–Crippen MR) is 74.3 cm³/mol. The molecule has 1 amide bonds. The van der Waals surface area contributed by atoms with Crippen molar-refractivity contribution in [3.8, 4) is 0 Å². The Labute approximate surface area is 119 Å². The molecule has 1 aliphatic heterocycles. The molecule has 4 nitrogen and oxygen atoms in total. The molecule has 0 aliphatic carbocycles. The Hall–Kier alpha value is -2.46. The number of Topliss-reactive ketones (excluding diaryl/α,β-unsaturated/α-hetero) is 1. The van der Waals surface area contributed by atoms with Gasteiger partial charge >= 0.3 is 0 Å². The van der Waals surface area contributed by atoms with Crippen LogP contribution < -0.4 is 5.32 Å². The van der Waals surface area contributed by atoms with Gasteiger partial charge in [-0.1, -0.05) is 11.6 Å². The molecular weight excluding hydrogens is 278 g/mol. The Morgan fingerprint density at radius 3 is 2.30 bits per heavy atom. The van der Waals surface area contributed by atoms with E-state index in [4.69, 9.17) is 11.6 Å². The maximum absolute atomic E-state index is 12.3. The molecular formula is C15H8ClNO3. The summed E-state index contributed by atoms with van der Waals surface area (Å²) in [4.78, 5) is 35.2. The SMILES string of the molecule is O=C1Nc2ccc(C(=O)c3ccc(Cl)cc3)cc2C1=O. The van der Waals surface area contributed by atoms with E-state index in [2.05, 4.69) is 5.32 Å². The molecule has 0 radical (unpaired) electrons. The number of hydrogen-bond donors (Lipinski definition) is 1. The third-order valence-corrected chi connectivity index (χ3v) is 3.34. The standard InChI is InChI=1S/C15H8ClNO3/c16-10-4-1-8(2-5-10)13(18)9-3-6-12-11(7-9)14(19)15(20)17-12/h1-7H,(H,17,19,20). The minimum absolute atomic E-state index is 0.225. The lowest BCUT2D eigenvalue weighted by molar-refractivity contribution is -0.112. The highest BCUT2D eigenvalue weighted by Crippen LogP contribution is 2.25. The van der Waals surface area contributed by atoms with E-state index in [1.807, 2.05) is 0 Å². The summed E-state index contributed by atoms with van der Waals surface area (Å²) in [7, 11) is 0. The summed E-state index contributed by atoms with van der Waals surface area (Å²) in [6.45, 7) is 0. The smallest absolute Gasteiger partial charge is 0.296 e. The zero-order chi connectivity index (χ0) is 14.3. The van der Waals surface area contributed by atoms with Crippen molar-refractivity contribution < 1.29 is 14.4 Å². The molecule has 0 bridgehead atoms. The van der Waals surface area contributed by atoms with Gasteiger partial charge in [-0.3, -0.25) is 14.4 Å². The van der Waals surface area contributed by atoms with E-state index in [9.17, 15) is 14.4 Å². The van der Waals surface area contributed by atoms with E-state index in [1.165, 1.54) is 6.07 Å². The number of carbonyl (C=O) groups is 3. The van der Waals surface area contributed by atoms with Crippen LogP contribution in [-0.2, 0) is 4.79 Å². The topological polar surface area (TPSA) is 63.2 Å². The first-order valence-corrected chi connectivity index (χ1v) is 6.24. The molecule has 2 aromatic carbocycles. The van der Waals surface area contributed by atoms with Gasteiger partial charge in [0.25, 0.3) is 11.7 Å². The summed E-state index contributed by atoms with van der Waals surface area (Å²) in [5.41, 5.74) is 1.50. The molecule has 98 valence electrons. The van der Waals surface area contributed by atoms with Crippen molar-refractivity contribution in [3.05, 3.63) is 64.2 Å². The van der Waals surface area contributed by atoms with E-state index >= 15 is 0 Å². The number of rotatable bonds is 2. The van der Waals surface area contributed by atoms with Crippen molar-refractivity contribution in [2.45, 2.75) is 0 Å². The second-order valence-corrected chi connectivity index (χ2v) is 4.82. The van der Waals surface area contributed by atoms with Crippen LogP contribution in [0.4, 0.5) is 5.69 Å². The highest BCUT2D eigenvalue weighted by Gasteiger charge is 2.28. The van der Waals surface area contributed by atoms with Gasteiger partial charge in [-0.15, -0.1) is 0 Å². The molecule has 0 saturated carbocycles. The van der Waals surface area contributed by atoms with E-state index in [0.717, 1.165) is 0 Å². The van der Waals surface area contributed by atoms with Gasteiger partial charge in [0.1, 0.15) is 0 Å². The first kappa shape index (κ1) is 12.6. The van der Waals surface area contributed by atoms with Gasteiger partial charge in [0.15, 0.2) is 5.78 Å². The molecule has 1 N–H and O–H groups in total. The van der Waals surface area contributed by atoms with Crippen LogP contribution in [0.5, 0.6) is 0 Å². The van der Waals surface area contributed by atoms with Crippen molar-refractivity contribution in [2.75, 3.05) is 5.32 Å². The number of nitrogens with one attached hydrogen (secondary N) is 1. The fourth-order valence-corrected chi connectivity index (χ4v) is 2.18. The molecule has 0 unspecified atom stereocenters. The molecule has 20 heavy (non-hydrogen) atoms. The minimum Gasteiger partial charge on any atom is -0.318 e. The zero-order valence-electron chi connectivity index (χ0n) is 10.1. The third kappa shape index (κ3) is 2.00. The first-order chi connectivity index (χ1) is 9.56. The van der Waals surface area contributed by atoms with Crippen LogP contribution in [0.2, 0.25) is 5.02 Å². The van der Waals surface area contributed by atoms with Crippen molar-refractivity contribution in [3.63, 3.8) is 0 Å². The lowest BCUT2D eigenvalue weighted by Gasteiger charge is -2.03. The van der Waals surface area contributed by atoms with Crippen molar-refractivity contribution in [1.82, 2.24) is 0 Å². The highest BCUT2D eigenvalue weighted by molar-refractivity contribution is 6.51. The molecule has 0 aromatic heterocycles. The number of fused-ring (bicyclic) bond motifs is 1. The summed E-state index contributed by atoms with van der Waals surface area (Å²) in [5.74, 6) is -1.52. The lowest BCUT2D eigenvalue weighted by atomic mass is 10.00. The molecule has 0 atom stereocenters. The van der Waals surface area contributed by atoms with Gasteiger partial charge in [-0.2, -0.15) is 0 Å². The Bertz CT molecular complexity index is 750. The molecule has 0 spiro atoms. The number of halogens is 1. The second-order valence-electron chi connectivity index (χ2n) is 4.38. The first-order valence-electron chi connectivity index (χ1n) is 5.86. The number of carbonyl (C=O) groups excluding carboxylic acids is 3. The number of anilines is 1. The predicted octanol–water partition coefficient (Wildman–Crippen LogP) is 2.71. The van der Waals surface area contributed by atoms with Crippen molar-refractivity contribution in [2.24, 2.45) is 0 Å². The van der Waals surface area contributed by atoms with E-state index in [-0.39, 0.29) is 11.3 Å². The lowest BCUT2D eigenvalue weighted by Crippen LogP contribution is -2.12. The molecule has 3 rings (SSSR count). The molecule has 0 fully saturated rings. The molecule has 5 heteroatoms. The largest absolute Gasteiger partial charge is 0.318 e. The summed E-state index contributed by atoms with van der Waals surface area (Å²) in [6, 6.07) is 11.0. The van der Waals surface area contributed by atoms with Crippen LogP contribution in [0.3, 0.4) is 0 Å². The van der Waals surface area contributed by atoms with Crippen LogP contribution in [0, 0.1) is 0 Å². The Morgan fingerprint density at radius 1 is 0.950 bits per heavy atom. The fourth-order valence-electron chi connectivity index (χ4n) is 2.05. The number of benzene rings is 2. The highest BCUT2D eigenvalue weighted by atomic mass is 35.5. The monoisotopic (exact) mass is 285 g/mol. The maximum Gasteiger partial charge on any atom is 0.296 e. The van der Waals surface area contributed by atoms with Gasteiger partial charge in [-0.05, 0) is 42.5 Å². The van der Waals surface area contributed by atoms with Gasteiger partial charge < -0.3 is 5.32 Å². The average Bonchev–Trinajstić information content (AvgIpc) is 2.74. The summed E-state index contributed by atoms with van der Waals surface area (Å²) < 4.78 is 0. The molecule has 2 aromatic rings. The second kappa shape index (κ2) is 4.58. The Balaban J connectivity index is 2.00. The van der Waals surface area contributed by atoms with Gasteiger partial charge in [0, 0.05) is 16.1 Å². The minimum atomic E-state index is -0.670. The van der Waals surface area contributed by atoms with Crippen LogP contribution in [0.1, 0.15) is 26.3 Å². The number of ketones is 2. The van der Waals surface area contributed by atoms with E-state index in [1.54, 1.807) is 36.4 Å². The van der Waals surface area contributed by atoms with Crippen LogP contribution in [-0.4, -0.2) is 17.5 Å². The Morgan fingerprint density at radius 2 is 1.60 bits per heavy atom. The number of hydrogen-bond acceptors (Lipinski definition) is 3. The van der Waals surface area contributed by atoms with E-state index in [0.29, 0.717) is 21.8 Å². The third-order valence-electron chi connectivity index (χ3n) is 3.09. The maximum atomic E-state index is 12.3. The summed E-state index contributed by atoms with van der Waals surface area (Å²) in [5, 5.41) is 2.99. The van der Waals surface area contributed by atoms with Gasteiger partial charge in [-0.25, -0.2) is 0 Å². The van der Waals surface area contributed by atoms with Crippen molar-refractivity contribution >= 4 is 34.8 Å². The summed E-state index contributed by atoms with van der Waals surface area (Å²) in [6.07, 6.45) is 0. The van der Waals surface area contributed by atoms with Crippen LogP contribution in [0.25, 0.3) is 0 Å². The Kier molecular flexibility index (Phi) is 2.88. The number of amides is 1. The van der Waals surface area contributed by atoms with Gasteiger partial charge in [0.2, 0.25) is 0 Å². The van der Waals surface area contributed by atoms with Gasteiger partial charge in [0.05, 0.1) is 11.3 Å². The van der Waals surface area contributed by atoms with E-state index < -0.39 is 11.7 Å². The van der Waals surface area contributed by atoms with Crippen molar-refractivity contribution in [1.29, 1.82) is 0 Å². The quantitative estimate of drug-likeness (QED) is 0.681. The van der Waals surface area contributed by atoms with Crippen LogP contribution >= 0.6 is 11.6 Å². The average molecular weight is 286 g/mol. The molecule has 0 saturated heterocycles. The molecule has 1 heterocycles. The zero-order valence-corrected chi connectivity index (χ0v) is 10.9. The molecule has 1 aliphatic rings. The van der Waals surface area contributed by atoms with Crippen LogP contribution in [0.15, 0.2) is 42.5 Å². The summed E-state index contributed by atoms with van der Waals surface area (Å²) >= 11 is 5.77.